The first-order valence-corrected chi connectivity index (χ1v) is 14.2. The SMILES string of the molecule is c1ccc(-c2nc3ccc4cccc(N(c5ccccc5)c5ccc(-c6cccc7ccccc67)cc5)c4c3[nH]2)cc1. The van der Waals surface area contributed by atoms with Crippen LogP contribution in [0.5, 0.6) is 0 Å². The summed E-state index contributed by atoms with van der Waals surface area (Å²) in [4.78, 5) is 11.0. The molecule has 0 radical (unpaired) electrons. The summed E-state index contributed by atoms with van der Waals surface area (Å²) in [5.74, 6) is 0.874. The maximum atomic E-state index is 4.97. The lowest BCUT2D eigenvalue weighted by atomic mass is 9.98. The Morgan fingerprint density at radius 2 is 1.14 bits per heavy atom. The van der Waals surface area contributed by atoms with Gasteiger partial charge in [-0.1, -0.05) is 121 Å². The molecule has 0 aliphatic heterocycles. The summed E-state index contributed by atoms with van der Waals surface area (Å²) < 4.78 is 0. The molecule has 0 aliphatic carbocycles. The molecule has 0 saturated carbocycles. The van der Waals surface area contributed by atoms with Gasteiger partial charge in [0, 0.05) is 22.3 Å². The number of imidazole rings is 1. The van der Waals surface area contributed by atoms with Gasteiger partial charge in [-0.25, -0.2) is 4.98 Å². The third kappa shape index (κ3) is 4.11. The van der Waals surface area contributed by atoms with E-state index < -0.39 is 0 Å². The van der Waals surface area contributed by atoms with Crippen molar-refractivity contribution < 1.29 is 0 Å². The number of nitrogens with zero attached hydrogens (tertiary/aromatic N) is 2. The molecule has 0 spiro atoms. The molecule has 3 heteroatoms. The zero-order chi connectivity index (χ0) is 27.9. The Labute approximate surface area is 244 Å². The van der Waals surface area contributed by atoms with E-state index in [2.05, 4.69) is 149 Å². The monoisotopic (exact) mass is 537 g/mol. The summed E-state index contributed by atoms with van der Waals surface area (Å²) in [5.41, 5.74) is 8.80. The van der Waals surface area contributed by atoms with E-state index in [9.17, 15) is 0 Å². The Hall–Kier alpha value is -5.67. The minimum absolute atomic E-state index is 0.874. The van der Waals surface area contributed by atoms with E-state index in [1.807, 2.05) is 18.2 Å². The van der Waals surface area contributed by atoms with Crippen LogP contribution in [0.15, 0.2) is 158 Å². The second-order valence-electron chi connectivity index (χ2n) is 10.5. The normalized spacial score (nSPS) is 11.3. The number of anilines is 3. The molecule has 1 aromatic heterocycles. The molecule has 0 saturated heterocycles. The Balaban J connectivity index is 1.31. The molecule has 8 aromatic rings. The molecule has 0 unspecified atom stereocenters. The predicted molar refractivity (Wildman–Crippen MR) is 177 cm³/mol. The van der Waals surface area contributed by atoms with E-state index in [0.717, 1.165) is 50.3 Å². The molecule has 1 N–H and O–H groups in total. The zero-order valence-corrected chi connectivity index (χ0v) is 22.9. The summed E-state index contributed by atoms with van der Waals surface area (Å²) >= 11 is 0. The highest BCUT2D eigenvalue weighted by Gasteiger charge is 2.19. The predicted octanol–water partition coefficient (Wildman–Crippen LogP) is 10.7. The lowest BCUT2D eigenvalue weighted by Crippen LogP contribution is -2.10. The van der Waals surface area contributed by atoms with Crippen LogP contribution in [-0.2, 0) is 0 Å². The fourth-order valence-electron chi connectivity index (χ4n) is 6.03. The number of hydrogen-bond acceptors (Lipinski definition) is 2. The third-order valence-electron chi connectivity index (χ3n) is 8.01. The van der Waals surface area contributed by atoms with Crippen LogP contribution in [0.25, 0.3) is 55.1 Å². The smallest absolute Gasteiger partial charge is 0.138 e. The van der Waals surface area contributed by atoms with Crippen molar-refractivity contribution >= 4 is 49.6 Å². The Morgan fingerprint density at radius 3 is 1.98 bits per heavy atom. The van der Waals surface area contributed by atoms with Crippen molar-refractivity contribution in [2.75, 3.05) is 4.90 Å². The van der Waals surface area contributed by atoms with Gasteiger partial charge in [-0.15, -0.1) is 0 Å². The van der Waals surface area contributed by atoms with Gasteiger partial charge in [-0.2, -0.15) is 0 Å². The summed E-state index contributed by atoms with van der Waals surface area (Å²) in [6, 6.07) is 55.7. The van der Waals surface area contributed by atoms with Crippen molar-refractivity contribution in [2.24, 2.45) is 0 Å². The highest BCUT2D eigenvalue weighted by Crippen LogP contribution is 2.42. The average molecular weight is 538 g/mol. The number of nitrogens with one attached hydrogen (secondary N) is 1. The maximum absolute atomic E-state index is 4.97. The van der Waals surface area contributed by atoms with Crippen molar-refractivity contribution in [3.8, 4) is 22.5 Å². The summed E-state index contributed by atoms with van der Waals surface area (Å²) in [6.07, 6.45) is 0. The Morgan fingerprint density at radius 1 is 0.476 bits per heavy atom. The number of aromatic amines is 1. The van der Waals surface area contributed by atoms with Crippen LogP contribution in [0.3, 0.4) is 0 Å². The van der Waals surface area contributed by atoms with Gasteiger partial charge in [0.05, 0.1) is 16.7 Å². The summed E-state index contributed by atoms with van der Waals surface area (Å²) in [7, 11) is 0. The van der Waals surface area contributed by atoms with Crippen molar-refractivity contribution in [3.63, 3.8) is 0 Å². The largest absolute Gasteiger partial charge is 0.337 e. The molecule has 1 heterocycles. The standard InChI is InChI=1S/C39H27N3/c1-3-12-30(13-4-1)39-40-35-26-23-29-15-10-20-36(37(29)38(35)41-39)42(31-16-5-2-6-17-31)32-24-21-28(22-25-32)34-19-9-14-27-11-7-8-18-33(27)34/h1-26H,(H,40,41). The van der Waals surface area contributed by atoms with Gasteiger partial charge in [0.1, 0.15) is 5.82 Å². The number of para-hydroxylation sites is 1. The first kappa shape index (κ1) is 24.2. The van der Waals surface area contributed by atoms with Gasteiger partial charge in [-0.05, 0) is 63.7 Å². The van der Waals surface area contributed by atoms with Crippen LogP contribution < -0.4 is 4.90 Å². The summed E-state index contributed by atoms with van der Waals surface area (Å²) in [6.45, 7) is 0. The number of hydrogen-bond donors (Lipinski definition) is 1. The molecule has 0 amide bonds. The van der Waals surface area contributed by atoms with Crippen LogP contribution >= 0.6 is 0 Å². The fourth-order valence-corrected chi connectivity index (χ4v) is 6.03. The van der Waals surface area contributed by atoms with Gasteiger partial charge in [0.2, 0.25) is 0 Å². The quantitative estimate of drug-likeness (QED) is 0.237. The van der Waals surface area contributed by atoms with Crippen LogP contribution in [0.4, 0.5) is 17.1 Å². The number of fused-ring (bicyclic) bond motifs is 4. The first-order valence-electron chi connectivity index (χ1n) is 14.2. The molecule has 0 bridgehead atoms. The van der Waals surface area contributed by atoms with E-state index in [1.165, 1.54) is 21.9 Å². The lowest BCUT2D eigenvalue weighted by molar-refractivity contribution is 1.30. The zero-order valence-electron chi connectivity index (χ0n) is 22.9. The summed E-state index contributed by atoms with van der Waals surface area (Å²) in [5, 5.41) is 4.82. The van der Waals surface area contributed by atoms with Crippen molar-refractivity contribution in [2.45, 2.75) is 0 Å². The maximum Gasteiger partial charge on any atom is 0.138 e. The van der Waals surface area contributed by atoms with Crippen molar-refractivity contribution in [3.05, 3.63) is 158 Å². The van der Waals surface area contributed by atoms with Gasteiger partial charge < -0.3 is 9.88 Å². The highest BCUT2D eigenvalue weighted by atomic mass is 15.1. The van der Waals surface area contributed by atoms with Crippen LogP contribution in [0.1, 0.15) is 0 Å². The number of aromatic nitrogens is 2. The van der Waals surface area contributed by atoms with Gasteiger partial charge in [-0.3, -0.25) is 0 Å². The molecule has 0 aliphatic rings. The minimum atomic E-state index is 0.874. The highest BCUT2D eigenvalue weighted by molar-refractivity contribution is 6.13. The van der Waals surface area contributed by atoms with E-state index in [1.54, 1.807) is 0 Å². The van der Waals surface area contributed by atoms with Crippen molar-refractivity contribution in [1.82, 2.24) is 9.97 Å². The van der Waals surface area contributed by atoms with Crippen LogP contribution in [0.2, 0.25) is 0 Å². The van der Waals surface area contributed by atoms with E-state index >= 15 is 0 Å². The van der Waals surface area contributed by atoms with Crippen LogP contribution in [0, 0.1) is 0 Å². The number of benzene rings is 7. The van der Waals surface area contributed by atoms with E-state index in [-0.39, 0.29) is 0 Å². The minimum Gasteiger partial charge on any atom is -0.337 e. The van der Waals surface area contributed by atoms with Gasteiger partial charge >= 0.3 is 0 Å². The number of rotatable bonds is 5. The molecule has 198 valence electrons. The Bertz CT molecular complexity index is 2170. The fraction of sp³-hybridized carbons (Fsp3) is 0. The molecule has 0 fully saturated rings. The van der Waals surface area contributed by atoms with Gasteiger partial charge in [0.15, 0.2) is 0 Å². The van der Waals surface area contributed by atoms with E-state index in [4.69, 9.17) is 4.98 Å². The topological polar surface area (TPSA) is 31.9 Å². The first-order chi connectivity index (χ1) is 20.8. The third-order valence-corrected chi connectivity index (χ3v) is 8.01. The lowest BCUT2D eigenvalue weighted by Gasteiger charge is -2.27. The van der Waals surface area contributed by atoms with E-state index in [0.29, 0.717) is 0 Å². The second-order valence-corrected chi connectivity index (χ2v) is 10.5. The molecular weight excluding hydrogens is 510 g/mol. The van der Waals surface area contributed by atoms with Crippen LogP contribution in [-0.4, -0.2) is 9.97 Å². The van der Waals surface area contributed by atoms with Gasteiger partial charge in [0.25, 0.3) is 0 Å². The average Bonchev–Trinajstić information content (AvgIpc) is 3.51. The second kappa shape index (κ2) is 10.1. The molecular formula is C39H27N3. The molecule has 3 nitrogen and oxygen atoms in total. The molecule has 8 rings (SSSR count). The molecule has 7 aromatic carbocycles. The molecule has 42 heavy (non-hydrogen) atoms. The molecule has 0 atom stereocenters. The Kier molecular flexibility index (Phi) is 5.79. The van der Waals surface area contributed by atoms with Crippen molar-refractivity contribution in [1.29, 1.82) is 0 Å². The number of H-pyrrole nitrogens is 1.